The Morgan fingerprint density at radius 3 is 2.48 bits per heavy atom. The van der Waals surface area contributed by atoms with Gasteiger partial charge in [-0.1, -0.05) is 51.1 Å². The van der Waals surface area contributed by atoms with E-state index < -0.39 is 0 Å². The van der Waals surface area contributed by atoms with Gasteiger partial charge < -0.3 is 0 Å². The van der Waals surface area contributed by atoms with E-state index in [1.165, 1.54) is 56.5 Å². The molecule has 0 fully saturated rings. The number of fused-ring (bicyclic) bond motifs is 1. The topological polar surface area (TPSA) is 52.1 Å². The van der Waals surface area contributed by atoms with E-state index in [4.69, 9.17) is 17.1 Å². The van der Waals surface area contributed by atoms with Gasteiger partial charge in [-0.15, -0.1) is 0 Å². The third-order valence-corrected chi connectivity index (χ3v) is 5.84. The monoisotopic (exact) mass is 381 g/mol. The first-order valence-corrected chi connectivity index (χ1v) is 10.7. The molecule has 0 saturated carbocycles. The van der Waals surface area contributed by atoms with Crippen molar-refractivity contribution in [3.8, 4) is 0 Å². The van der Waals surface area contributed by atoms with Gasteiger partial charge in [-0.05, 0) is 43.1 Å². The van der Waals surface area contributed by atoms with Crippen molar-refractivity contribution in [2.75, 3.05) is 11.9 Å². The van der Waals surface area contributed by atoms with Gasteiger partial charge >= 0.3 is 5.13 Å². The molecule has 0 atom stereocenters. The molecule has 1 heterocycles. The molecule has 1 aromatic carbocycles. The molecule has 1 aromatic heterocycles. The van der Waals surface area contributed by atoms with E-state index >= 15 is 0 Å². The molecule has 0 aliphatic carbocycles. The Bertz CT molecular complexity index is 684. The minimum atomic E-state index is 0.544. The Labute approximate surface area is 160 Å². The number of nitrogens with zero attached hydrogens (tertiary/aromatic N) is 2. The lowest BCUT2D eigenvalue weighted by molar-refractivity contribution is -0.654. The molecule has 0 radical (unpaired) electrons. The maximum Gasteiger partial charge on any atom is 0.334 e. The van der Waals surface area contributed by atoms with E-state index in [0.717, 1.165) is 23.3 Å². The molecule has 25 heavy (non-hydrogen) atoms. The van der Waals surface area contributed by atoms with Crippen molar-refractivity contribution in [1.82, 2.24) is 0 Å². The molecular formula is C19H30ClN4S+. The highest BCUT2D eigenvalue weighted by Crippen LogP contribution is 2.34. The number of hydrogen-bond donors (Lipinski definition) is 2. The average Bonchev–Trinajstić information content (AvgIpc) is 2.94. The van der Waals surface area contributed by atoms with E-state index in [9.17, 15) is 0 Å². The summed E-state index contributed by atoms with van der Waals surface area (Å²) in [6.07, 6.45) is 10.0. The zero-order valence-corrected chi connectivity index (χ0v) is 17.0. The van der Waals surface area contributed by atoms with Crippen molar-refractivity contribution < 1.29 is 4.57 Å². The number of nitrogens with one attached hydrogen (secondary N) is 2. The lowest BCUT2D eigenvalue weighted by atomic mass is 10.2. The van der Waals surface area contributed by atoms with Crippen molar-refractivity contribution >= 4 is 44.0 Å². The van der Waals surface area contributed by atoms with Crippen LogP contribution in [0.1, 0.15) is 65.2 Å². The van der Waals surface area contributed by atoms with Crippen LogP contribution in [-0.4, -0.2) is 6.54 Å². The summed E-state index contributed by atoms with van der Waals surface area (Å²) in [5, 5.41) is 8.91. The van der Waals surface area contributed by atoms with E-state index in [1.807, 2.05) is 12.1 Å². The lowest BCUT2D eigenvalue weighted by Crippen LogP contribution is -2.35. The number of rotatable bonds is 12. The second-order valence-electron chi connectivity index (χ2n) is 6.49. The third-order valence-electron chi connectivity index (χ3n) is 4.43. The molecule has 2 N–H and O–H groups in total. The van der Waals surface area contributed by atoms with Crippen LogP contribution in [0.15, 0.2) is 17.2 Å². The number of halogens is 1. The molecule has 0 aliphatic heterocycles. The van der Waals surface area contributed by atoms with Gasteiger partial charge in [0.25, 0.3) is 0 Å². The molecule has 2 aromatic rings. The van der Waals surface area contributed by atoms with Crippen molar-refractivity contribution in [1.29, 1.82) is 5.53 Å². The smallest absolute Gasteiger partial charge is 0.265 e. The third kappa shape index (κ3) is 5.65. The largest absolute Gasteiger partial charge is 0.334 e. The van der Waals surface area contributed by atoms with Gasteiger partial charge in [0.15, 0.2) is 0 Å². The van der Waals surface area contributed by atoms with Crippen LogP contribution in [-0.2, 0) is 6.54 Å². The number of hydrogen-bond acceptors (Lipinski definition) is 4. The molecule has 0 bridgehead atoms. The van der Waals surface area contributed by atoms with Gasteiger partial charge in [0.1, 0.15) is 11.2 Å². The van der Waals surface area contributed by atoms with E-state index in [0.29, 0.717) is 10.7 Å². The van der Waals surface area contributed by atoms with Gasteiger partial charge in [0.05, 0.1) is 22.8 Å². The summed E-state index contributed by atoms with van der Waals surface area (Å²) in [5.74, 6) is 0. The van der Waals surface area contributed by atoms with Crippen LogP contribution in [0.5, 0.6) is 0 Å². The van der Waals surface area contributed by atoms with Crippen LogP contribution in [0, 0.1) is 5.53 Å². The maximum absolute atomic E-state index is 7.28. The van der Waals surface area contributed by atoms with Crippen LogP contribution in [0.25, 0.3) is 10.2 Å². The molecule has 0 unspecified atom stereocenters. The maximum atomic E-state index is 7.28. The Kier molecular flexibility index (Phi) is 8.62. The molecule has 2 rings (SSSR count). The van der Waals surface area contributed by atoms with Crippen LogP contribution < -0.4 is 9.88 Å². The summed E-state index contributed by atoms with van der Waals surface area (Å²) in [6.45, 7) is 6.49. The second kappa shape index (κ2) is 10.7. The minimum Gasteiger partial charge on any atom is -0.265 e. The van der Waals surface area contributed by atoms with Gasteiger partial charge in [0, 0.05) is 6.07 Å². The minimum absolute atomic E-state index is 0.544. The predicted octanol–water partition coefficient (Wildman–Crippen LogP) is 7.08. The van der Waals surface area contributed by atoms with Gasteiger partial charge in [-0.25, -0.2) is 10.1 Å². The Balaban J connectivity index is 2.18. The fourth-order valence-electron chi connectivity index (χ4n) is 2.98. The second-order valence-corrected chi connectivity index (χ2v) is 7.93. The molecule has 4 nitrogen and oxygen atoms in total. The standard InChI is InChI=1S/C19H29ClN4S/c1-3-5-7-9-11-22-19-24(12-10-8-6-4-2)17-13-15(20)16(23-21)14-18(17)25-19/h13-14,21H,3-12H2,1-2H3/p+1. The molecule has 0 amide bonds. The zero-order valence-electron chi connectivity index (χ0n) is 15.4. The van der Waals surface area contributed by atoms with Gasteiger partial charge in [-0.2, -0.15) is 5.11 Å². The fraction of sp³-hybridized carbons (Fsp3) is 0.632. The summed E-state index contributed by atoms with van der Waals surface area (Å²) in [7, 11) is 0. The first-order chi connectivity index (χ1) is 12.2. The molecular weight excluding hydrogens is 352 g/mol. The van der Waals surface area contributed by atoms with Crippen molar-refractivity contribution in [2.24, 2.45) is 5.11 Å². The van der Waals surface area contributed by atoms with Crippen LogP contribution in [0.4, 0.5) is 10.8 Å². The summed E-state index contributed by atoms with van der Waals surface area (Å²) >= 11 is 8.03. The summed E-state index contributed by atoms with van der Waals surface area (Å²) in [5.41, 5.74) is 8.97. The lowest BCUT2D eigenvalue weighted by Gasteiger charge is -2.04. The number of anilines is 1. The van der Waals surface area contributed by atoms with Crippen LogP contribution in [0.2, 0.25) is 5.02 Å². The first kappa shape index (κ1) is 20.1. The molecule has 6 heteroatoms. The average molecular weight is 382 g/mol. The highest BCUT2D eigenvalue weighted by molar-refractivity contribution is 7.21. The molecule has 138 valence electrons. The number of unbranched alkanes of at least 4 members (excludes halogenated alkanes) is 6. The van der Waals surface area contributed by atoms with Crippen LogP contribution in [0.3, 0.4) is 0 Å². The molecule has 0 saturated heterocycles. The van der Waals surface area contributed by atoms with Gasteiger partial charge in [0.2, 0.25) is 0 Å². The number of aryl methyl sites for hydroxylation is 1. The van der Waals surface area contributed by atoms with E-state index in [-0.39, 0.29) is 0 Å². The summed E-state index contributed by atoms with van der Waals surface area (Å²) in [6, 6.07) is 3.89. The number of thiazole rings is 1. The van der Waals surface area contributed by atoms with Crippen molar-refractivity contribution in [3.05, 3.63) is 17.2 Å². The van der Waals surface area contributed by atoms with Crippen LogP contribution >= 0.6 is 22.9 Å². The normalized spacial score (nSPS) is 11.2. The van der Waals surface area contributed by atoms with Crippen molar-refractivity contribution in [2.45, 2.75) is 71.8 Å². The molecule has 0 aliphatic rings. The zero-order chi connectivity index (χ0) is 18.1. The number of aromatic nitrogens is 1. The first-order valence-electron chi connectivity index (χ1n) is 9.48. The Morgan fingerprint density at radius 1 is 1.08 bits per heavy atom. The summed E-state index contributed by atoms with van der Waals surface area (Å²) < 4.78 is 3.50. The predicted molar refractivity (Wildman–Crippen MR) is 109 cm³/mol. The fourth-order valence-corrected chi connectivity index (χ4v) is 4.30. The SMILES string of the molecule is CCCCCCNc1sc2cc(N=N)c(Cl)cc2[n+]1CCCCCC. The highest BCUT2D eigenvalue weighted by Gasteiger charge is 2.19. The van der Waals surface area contributed by atoms with E-state index in [2.05, 4.69) is 28.8 Å². The van der Waals surface area contributed by atoms with Gasteiger partial charge in [-0.3, -0.25) is 5.32 Å². The Hall–Kier alpha value is -1.20. The summed E-state index contributed by atoms with van der Waals surface area (Å²) in [4.78, 5) is 0. The quantitative estimate of drug-likeness (QED) is 0.230. The Morgan fingerprint density at radius 2 is 1.80 bits per heavy atom. The highest BCUT2D eigenvalue weighted by atomic mass is 35.5. The molecule has 0 spiro atoms. The van der Waals surface area contributed by atoms with E-state index in [1.54, 1.807) is 11.3 Å². The number of benzene rings is 1. The van der Waals surface area contributed by atoms with Crippen molar-refractivity contribution in [3.63, 3.8) is 0 Å².